The maximum absolute atomic E-state index is 12.5. The fourth-order valence-electron chi connectivity index (χ4n) is 2.64. The second-order valence-electron chi connectivity index (χ2n) is 5.44. The molecule has 24 heavy (non-hydrogen) atoms. The molecule has 2 aromatic carbocycles. The van der Waals surface area contributed by atoms with Crippen molar-refractivity contribution in [2.45, 2.75) is 11.3 Å². The summed E-state index contributed by atoms with van der Waals surface area (Å²) in [6.07, 6.45) is 1.02. The normalized spacial score (nSPS) is 13.6. The molecule has 1 aliphatic rings. The molecule has 0 bridgehead atoms. The van der Waals surface area contributed by atoms with E-state index in [9.17, 15) is 4.79 Å². The zero-order chi connectivity index (χ0) is 16.9. The molecule has 0 unspecified atom stereocenters. The lowest BCUT2D eigenvalue weighted by molar-refractivity contribution is -0.115. The number of hydrogen-bond acceptors (Lipinski definition) is 4. The Hall–Kier alpha value is -2.16. The number of amides is 1. The van der Waals surface area contributed by atoms with Crippen molar-refractivity contribution in [1.29, 1.82) is 5.26 Å². The summed E-state index contributed by atoms with van der Waals surface area (Å²) in [6, 6.07) is 15.0. The van der Waals surface area contributed by atoms with Crippen molar-refractivity contribution in [3.63, 3.8) is 0 Å². The molecular weight excluding hydrogens is 342 g/mol. The molecule has 0 aromatic heterocycles. The Kier molecular flexibility index (Phi) is 5.29. The van der Waals surface area contributed by atoms with Crippen LogP contribution in [0.25, 0.3) is 0 Å². The van der Waals surface area contributed by atoms with E-state index in [1.807, 2.05) is 30.0 Å². The predicted octanol–water partition coefficient (Wildman–Crippen LogP) is 4.15. The summed E-state index contributed by atoms with van der Waals surface area (Å²) < 4.78 is 0. The number of para-hydroxylation sites is 1. The van der Waals surface area contributed by atoms with Gasteiger partial charge >= 0.3 is 0 Å². The van der Waals surface area contributed by atoms with E-state index in [2.05, 4.69) is 22.4 Å². The molecule has 2 aromatic rings. The van der Waals surface area contributed by atoms with Gasteiger partial charge in [0.15, 0.2) is 0 Å². The van der Waals surface area contributed by atoms with Gasteiger partial charge in [0.2, 0.25) is 5.91 Å². The van der Waals surface area contributed by atoms with Gasteiger partial charge in [-0.15, -0.1) is 11.8 Å². The van der Waals surface area contributed by atoms with Gasteiger partial charge in [-0.3, -0.25) is 4.79 Å². The molecule has 6 heteroatoms. The molecule has 0 radical (unpaired) electrons. The highest BCUT2D eigenvalue weighted by atomic mass is 35.5. The first kappa shape index (κ1) is 16.7. The lowest BCUT2D eigenvalue weighted by Crippen LogP contribution is -2.34. The monoisotopic (exact) mass is 357 g/mol. The van der Waals surface area contributed by atoms with Crippen LogP contribution in [0, 0.1) is 11.3 Å². The Labute approximate surface area is 150 Å². The molecule has 0 fully saturated rings. The third kappa shape index (κ3) is 3.84. The van der Waals surface area contributed by atoms with Crippen molar-refractivity contribution in [1.82, 2.24) is 0 Å². The van der Waals surface area contributed by atoms with E-state index >= 15 is 0 Å². The fraction of sp³-hybridized carbons (Fsp3) is 0.222. The number of fused-ring (bicyclic) bond motifs is 1. The van der Waals surface area contributed by atoms with E-state index < -0.39 is 0 Å². The summed E-state index contributed by atoms with van der Waals surface area (Å²) in [5.74, 6) is 0.887. The Bertz CT molecular complexity index is 803. The number of benzene rings is 2. The van der Waals surface area contributed by atoms with Crippen molar-refractivity contribution in [3.05, 3.63) is 53.1 Å². The molecular formula is C18H16ClN3OS. The molecule has 1 aliphatic heterocycles. The van der Waals surface area contributed by atoms with Crippen LogP contribution < -0.4 is 10.2 Å². The number of anilines is 2. The Morgan fingerprint density at radius 1 is 1.33 bits per heavy atom. The minimum atomic E-state index is -0.157. The molecule has 1 N–H and O–H groups in total. The summed E-state index contributed by atoms with van der Waals surface area (Å²) >= 11 is 7.78. The molecule has 0 saturated heterocycles. The lowest BCUT2D eigenvalue weighted by atomic mass is 10.2. The summed E-state index contributed by atoms with van der Waals surface area (Å²) in [7, 11) is 0. The van der Waals surface area contributed by atoms with E-state index in [0.29, 0.717) is 16.3 Å². The first-order valence-corrected chi connectivity index (χ1v) is 9.00. The van der Waals surface area contributed by atoms with Crippen LogP contribution in [-0.4, -0.2) is 24.7 Å². The van der Waals surface area contributed by atoms with Crippen molar-refractivity contribution in [2.75, 3.05) is 29.1 Å². The van der Waals surface area contributed by atoms with Gasteiger partial charge in [-0.25, -0.2) is 0 Å². The smallest absolute Gasteiger partial charge is 0.243 e. The highest BCUT2D eigenvalue weighted by Crippen LogP contribution is 2.33. The number of nitriles is 1. The summed E-state index contributed by atoms with van der Waals surface area (Å²) in [5, 5.41) is 12.4. The first-order valence-electron chi connectivity index (χ1n) is 7.63. The Morgan fingerprint density at radius 3 is 3.00 bits per heavy atom. The third-order valence-electron chi connectivity index (χ3n) is 3.75. The number of carbonyl (C=O) groups is 1. The second kappa shape index (κ2) is 7.61. The average Bonchev–Trinajstić information content (AvgIpc) is 2.78. The third-order valence-corrected chi connectivity index (χ3v) is 5.13. The number of nitrogens with zero attached hydrogens (tertiary/aromatic N) is 2. The fourth-order valence-corrected chi connectivity index (χ4v) is 3.83. The van der Waals surface area contributed by atoms with Gasteiger partial charge in [0.1, 0.15) is 6.07 Å². The van der Waals surface area contributed by atoms with E-state index in [-0.39, 0.29) is 12.5 Å². The van der Waals surface area contributed by atoms with Crippen molar-refractivity contribution in [2.24, 2.45) is 0 Å². The zero-order valence-electron chi connectivity index (χ0n) is 13.0. The quantitative estimate of drug-likeness (QED) is 0.896. The molecule has 3 rings (SSSR count). The number of rotatable bonds is 3. The molecule has 1 heterocycles. The SMILES string of the molecule is N#Cc1ccc(Cl)cc1NC(=O)CN1CCCSc2ccccc21. The highest BCUT2D eigenvalue weighted by Gasteiger charge is 2.18. The van der Waals surface area contributed by atoms with Gasteiger partial charge in [-0.1, -0.05) is 23.7 Å². The van der Waals surface area contributed by atoms with Crippen molar-refractivity contribution < 1.29 is 4.79 Å². The van der Waals surface area contributed by atoms with Crippen LogP contribution >= 0.6 is 23.4 Å². The standard InChI is InChI=1S/C18H16ClN3OS/c19-14-7-6-13(11-20)15(10-14)21-18(23)12-22-8-3-9-24-17-5-2-1-4-16(17)22/h1-2,4-7,10H,3,8-9,12H2,(H,21,23). The molecule has 1 amide bonds. The molecule has 0 atom stereocenters. The number of thioether (sulfide) groups is 1. The van der Waals surface area contributed by atoms with Gasteiger partial charge in [-0.05, 0) is 42.5 Å². The van der Waals surface area contributed by atoms with Crippen LogP contribution in [0.1, 0.15) is 12.0 Å². The minimum absolute atomic E-state index is 0.157. The maximum Gasteiger partial charge on any atom is 0.243 e. The van der Waals surface area contributed by atoms with Crippen LogP contribution in [0.2, 0.25) is 5.02 Å². The van der Waals surface area contributed by atoms with Crippen LogP contribution in [0.5, 0.6) is 0 Å². The molecule has 122 valence electrons. The largest absolute Gasteiger partial charge is 0.361 e. The van der Waals surface area contributed by atoms with Gasteiger partial charge in [-0.2, -0.15) is 5.26 Å². The van der Waals surface area contributed by atoms with Gasteiger partial charge < -0.3 is 10.2 Å². The Balaban J connectivity index is 1.76. The molecule has 0 spiro atoms. The number of nitrogens with one attached hydrogen (secondary N) is 1. The van der Waals surface area contributed by atoms with Gasteiger partial charge in [0.25, 0.3) is 0 Å². The second-order valence-corrected chi connectivity index (χ2v) is 7.01. The Morgan fingerprint density at radius 2 is 2.17 bits per heavy atom. The lowest BCUT2D eigenvalue weighted by Gasteiger charge is -2.24. The summed E-state index contributed by atoms with van der Waals surface area (Å²) in [6.45, 7) is 1.08. The van der Waals surface area contributed by atoms with E-state index in [0.717, 1.165) is 24.4 Å². The number of carbonyl (C=O) groups excluding carboxylic acids is 1. The summed E-state index contributed by atoms with van der Waals surface area (Å²) in [5.41, 5.74) is 1.94. The van der Waals surface area contributed by atoms with Gasteiger partial charge in [0, 0.05) is 16.5 Å². The van der Waals surface area contributed by atoms with Gasteiger partial charge in [0.05, 0.1) is 23.5 Å². The van der Waals surface area contributed by atoms with Crippen molar-refractivity contribution >= 4 is 40.6 Å². The summed E-state index contributed by atoms with van der Waals surface area (Å²) in [4.78, 5) is 15.8. The maximum atomic E-state index is 12.5. The van der Waals surface area contributed by atoms with E-state index in [1.54, 1.807) is 18.2 Å². The average molecular weight is 358 g/mol. The minimum Gasteiger partial charge on any atom is -0.361 e. The predicted molar refractivity (Wildman–Crippen MR) is 98.8 cm³/mol. The molecule has 0 saturated carbocycles. The number of hydrogen-bond donors (Lipinski definition) is 1. The van der Waals surface area contributed by atoms with Crippen LogP contribution in [0.3, 0.4) is 0 Å². The van der Waals surface area contributed by atoms with E-state index in [4.69, 9.17) is 16.9 Å². The first-order chi connectivity index (χ1) is 11.7. The van der Waals surface area contributed by atoms with E-state index in [1.165, 1.54) is 4.90 Å². The van der Waals surface area contributed by atoms with Crippen LogP contribution in [0.15, 0.2) is 47.4 Å². The zero-order valence-corrected chi connectivity index (χ0v) is 14.5. The molecule has 0 aliphatic carbocycles. The van der Waals surface area contributed by atoms with Crippen molar-refractivity contribution in [3.8, 4) is 6.07 Å². The molecule has 4 nitrogen and oxygen atoms in total. The number of halogens is 1. The van der Waals surface area contributed by atoms with Crippen LogP contribution in [-0.2, 0) is 4.79 Å². The van der Waals surface area contributed by atoms with Crippen LogP contribution in [0.4, 0.5) is 11.4 Å². The highest BCUT2D eigenvalue weighted by molar-refractivity contribution is 7.99. The topological polar surface area (TPSA) is 56.1 Å².